The summed E-state index contributed by atoms with van der Waals surface area (Å²) in [7, 11) is -3.32. The van der Waals surface area contributed by atoms with E-state index in [-0.39, 0.29) is 3.91 Å². The molecule has 1 N–H and O–H groups in total. The molecule has 8 heteroatoms. The van der Waals surface area contributed by atoms with Gasteiger partial charge in [0.1, 0.15) is 6.33 Å². The van der Waals surface area contributed by atoms with Crippen molar-refractivity contribution < 1.29 is 13.2 Å². The van der Waals surface area contributed by atoms with E-state index in [4.69, 9.17) is 0 Å². The Labute approximate surface area is 124 Å². The average molecular weight is 391 g/mol. The first kappa shape index (κ1) is 14.0. The molecule has 0 radical (unpaired) electrons. The first-order valence-electron chi connectivity index (χ1n) is 5.17. The van der Waals surface area contributed by atoms with E-state index in [1.165, 1.54) is 10.9 Å². The molecule has 0 spiro atoms. The number of nitrogens with zero attached hydrogens (tertiary/aromatic N) is 2. The fraction of sp³-hybridized carbons (Fsp3) is 0.0909. The molecule has 19 heavy (non-hydrogen) atoms. The highest BCUT2D eigenvalue weighted by atomic mass is 127. The topological polar surface area (TPSA) is 81.1 Å². The molecule has 0 aliphatic heterocycles. The van der Waals surface area contributed by atoms with E-state index in [1.807, 2.05) is 0 Å². The van der Waals surface area contributed by atoms with Crippen molar-refractivity contribution in [2.45, 2.75) is 0 Å². The molecule has 0 unspecified atom stereocenters. The number of hydrogen-bond donors (Lipinski definition) is 1. The average Bonchev–Trinajstić information content (AvgIpc) is 2.76. The number of carbonyl (C=O) groups excluding carboxylic acids is 1. The predicted octanol–water partition coefficient (Wildman–Crippen LogP) is 2.32. The highest BCUT2D eigenvalue weighted by Gasteiger charge is 2.07. The molecule has 2 rings (SSSR count). The minimum Gasteiger partial charge on any atom is -0.284 e. The minimum absolute atomic E-state index is 0.165. The molecule has 1 heterocycles. The van der Waals surface area contributed by atoms with Crippen LogP contribution in [0.15, 0.2) is 36.8 Å². The SMILES string of the molecule is CS(=O)(=O)Nc1cccc(-c2cn(C(=O)I)cn2)c1. The number of halogens is 1. The highest BCUT2D eigenvalue weighted by molar-refractivity contribution is 14.1. The Morgan fingerprint density at radius 3 is 2.74 bits per heavy atom. The van der Waals surface area contributed by atoms with Crippen LogP contribution < -0.4 is 4.72 Å². The number of benzene rings is 1. The van der Waals surface area contributed by atoms with Crippen molar-refractivity contribution in [1.29, 1.82) is 0 Å². The molecule has 2 aromatic rings. The summed E-state index contributed by atoms with van der Waals surface area (Å²) >= 11 is 1.66. The number of hydrogen-bond acceptors (Lipinski definition) is 4. The number of nitrogens with one attached hydrogen (secondary N) is 1. The van der Waals surface area contributed by atoms with Gasteiger partial charge in [0, 0.05) is 40.0 Å². The summed E-state index contributed by atoms with van der Waals surface area (Å²) in [6.07, 6.45) is 4.10. The summed E-state index contributed by atoms with van der Waals surface area (Å²) in [6, 6.07) is 6.81. The summed E-state index contributed by atoms with van der Waals surface area (Å²) in [5, 5.41) is 0. The summed E-state index contributed by atoms with van der Waals surface area (Å²) in [5.41, 5.74) is 1.78. The van der Waals surface area contributed by atoms with Gasteiger partial charge in [-0.1, -0.05) is 12.1 Å². The Bertz CT molecular complexity index is 724. The molecule has 1 aromatic heterocycles. The molecule has 100 valence electrons. The van der Waals surface area contributed by atoms with Crippen molar-refractivity contribution in [3.63, 3.8) is 0 Å². The number of imidazole rings is 1. The lowest BCUT2D eigenvalue weighted by Gasteiger charge is -2.04. The van der Waals surface area contributed by atoms with Crippen LogP contribution in [0, 0.1) is 0 Å². The van der Waals surface area contributed by atoms with Crippen molar-refractivity contribution in [3.05, 3.63) is 36.8 Å². The molecular weight excluding hydrogens is 381 g/mol. The largest absolute Gasteiger partial charge is 0.292 e. The monoisotopic (exact) mass is 391 g/mol. The van der Waals surface area contributed by atoms with Crippen LogP contribution in [0.2, 0.25) is 0 Å². The Morgan fingerprint density at radius 1 is 1.42 bits per heavy atom. The van der Waals surface area contributed by atoms with Gasteiger partial charge < -0.3 is 0 Å². The third-order valence-corrected chi connectivity index (χ3v) is 3.41. The van der Waals surface area contributed by atoms with Gasteiger partial charge >= 0.3 is 0 Å². The van der Waals surface area contributed by atoms with Gasteiger partial charge in [-0.2, -0.15) is 0 Å². The van der Waals surface area contributed by atoms with E-state index >= 15 is 0 Å². The van der Waals surface area contributed by atoms with E-state index in [0.717, 1.165) is 11.8 Å². The van der Waals surface area contributed by atoms with E-state index < -0.39 is 10.0 Å². The Kier molecular flexibility index (Phi) is 3.90. The van der Waals surface area contributed by atoms with Crippen molar-refractivity contribution in [2.24, 2.45) is 0 Å². The predicted molar refractivity (Wildman–Crippen MR) is 80.9 cm³/mol. The van der Waals surface area contributed by atoms with Crippen LogP contribution in [0.3, 0.4) is 0 Å². The second-order valence-electron chi connectivity index (χ2n) is 3.87. The molecule has 0 saturated heterocycles. The zero-order valence-electron chi connectivity index (χ0n) is 9.87. The van der Waals surface area contributed by atoms with Crippen molar-refractivity contribution in [1.82, 2.24) is 9.55 Å². The quantitative estimate of drug-likeness (QED) is 0.643. The van der Waals surface area contributed by atoms with Crippen LogP contribution in [0.5, 0.6) is 0 Å². The van der Waals surface area contributed by atoms with Gasteiger partial charge in [-0.3, -0.25) is 14.1 Å². The van der Waals surface area contributed by atoms with Crippen molar-refractivity contribution in [2.75, 3.05) is 11.0 Å². The van der Waals surface area contributed by atoms with Gasteiger partial charge in [-0.15, -0.1) is 0 Å². The van der Waals surface area contributed by atoms with Gasteiger partial charge in [0.25, 0.3) is 3.91 Å². The fourth-order valence-corrected chi connectivity index (χ4v) is 2.34. The third-order valence-electron chi connectivity index (χ3n) is 2.25. The smallest absolute Gasteiger partial charge is 0.284 e. The molecule has 0 aliphatic carbocycles. The molecule has 1 aromatic carbocycles. The summed E-state index contributed by atoms with van der Waals surface area (Å²) in [6.45, 7) is 0. The molecule has 0 saturated carbocycles. The zero-order chi connectivity index (χ0) is 14.0. The lowest BCUT2D eigenvalue weighted by Crippen LogP contribution is -2.09. The molecule has 6 nitrogen and oxygen atoms in total. The maximum Gasteiger partial charge on any atom is 0.292 e. The van der Waals surface area contributed by atoms with Crippen LogP contribution >= 0.6 is 22.6 Å². The Balaban J connectivity index is 2.34. The van der Waals surface area contributed by atoms with Crippen molar-refractivity contribution >= 4 is 42.2 Å². The van der Waals surface area contributed by atoms with Crippen molar-refractivity contribution in [3.8, 4) is 11.3 Å². The highest BCUT2D eigenvalue weighted by Crippen LogP contribution is 2.21. The third kappa shape index (κ3) is 3.77. The van der Waals surface area contributed by atoms with Crippen LogP contribution in [-0.2, 0) is 10.0 Å². The summed E-state index contributed by atoms with van der Waals surface area (Å²) in [5.74, 6) is 0. The second-order valence-corrected chi connectivity index (χ2v) is 6.55. The van der Waals surface area contributed by atoms with Gasteiger partial charge in [0.05, 0.1) is 11.9 Å². The first-order valence-corrected chi connectivity index (χ1v) is 8.14. The lowest BCUT2D eigenvalue weighted by atomic mass is 10.1. The molecule has 0 bridgehead atoms. The second kappa shape index (κ2) is 5.29. The van der Waals surface area contributed by atoms with Crippen LogP contribution in [-0.4, -0.2) is 28.1 Å². The van der Waals surface area contributed by atoms with Crippen LogP contribution in [0.4, 0.5) is 10.5 Å². The Hall–Kier alpha value is -1.42. The zero-order valence-corrected chi connectivity index (χ0v) is 12.8. The number of sulfonamides is 1. The minimum atomic E-state index is -3.32. The van der Waals surface area contributed by atoms with E-state index in [2.05, 4.69) is 9.71 Å². The van der Waals surface area contributed by atoms with Gasteiger partial charge in [0.2, 0.25) is 10.0 Å². The van der Waals surface area contributed by atoms with Crippen LogP contribution in [0.1, 0.15) is 0 Å². The molecule has 0 amide bonds. The van der Waals surface area contributed by atoms with Gasteiger partial charge in [-0.25, -0.2) is 13.4 Å². The molecule has 0 aliphatic rings. The fourth-order valence-electron chi connectivity index (χ4n) is 1.52. The normalized spacial score (nSPS) is 11.3. The Morgan fingerprint density at radius 2 is 2.16 bits per heavy atom. The van der Waals surface area contributed by atoms with E-state index in [9.17, 15) is 13.2 Å². The number of aromatic nitrogens is 2. The van der Waals surface area contributed by atoms with E-state index in [0.29, 0.717) is 11.4 Å². The maximum atomic E-state index is 11.2. The summed E-state index contributed by atoms with van der Waals surface area (Å²) < 4.78 is 25.9. The maximum absolute atomic E-state index is 11.2. The molecular formula is C11H10IN3O3S. The molecule has 0 fully saturated rings. The van der Waals surface area contributed by atoms with Gasteiger partial charge in [0.15, 0.2) is 0 Å². The number of rotatable bonds is 3. The lowest BCUT2D eigenvalue weighted by molar-refractivity contribution is 0.264. The van der Waals surface area contributed by atoms with Gasteiger partial charge in [-0.05, 0) is 12.1 Å². The number of anilines is 1. The summed E-state index contributed by atoms with van der Waals surface area (Å²) in [4.78, 5) is 15.3. The standard InChI is InChI=1S/C11H10IN3O3S/c1-19(17,18)14-9-4-2-3-8(5-9)10-6-15(7-13-10)11(12)16/h2-7,14H,1H3. The first-order chi connectivity index (χ1) is 8.85. The van der Waals surface area contributed by atoms with E-state index in [1.54, 1.807) is 53.1 Å². The number of carbonyl (C=O) groups is 1. The molecule has 0 atom stereocenters. The van der Waals surface area contributed by atoms with Crippen LogP contribution in [0.25, 0.3) is 11.3 Å².